The van der Waals surface area contributed by atoms with E-state index in [1.54, 1.807) is 0 Å². The van der Waals surface area contributed by atoms with Gasteiger partial charge >= 0.3 is 5.97 Å². The first kappa shape index (κ1) is 19.1. The molecule has 2 aliphatic rings. The summed E-state index contributed by atoms with van der Waals surface area (Å²) >= 11 is 0. The number of aliphatic carboxylic acids is 1. The summed E-state index contributed by atoms with van der Waals surface area (Å²) in [5.41, 5.74) is 2.78. The van der Waals surface area contributed by atoms with Crippen LogP contribution in [-0.2, 0) is 4.79 Å². The maximum absolute atomic E-state index is 10.5. The van der Waals surface area contributed by atoms with E-state index in [4.69, 9.17) is 5.11 Å². The van der Waals surface area contributed by atoms with Gasteiger partial charge in [0.05, 0.1) is 0 Å². The van der Waals surface area contributed by atoms with Crippen LogP contribution in [0.1, 0.15) is 57.4 Å². The van der Waals surface area contributed by atoms with Gasteiger partial charge in [0.25, 0.3) is 0 Å². The Kier molecular flexibility index (Phi) is 6.86. The minimum absolute atomic E-state index is 0.267. The van der Waals surface area contributed by atoms with Crippen LogP contribution in [0.3, 0.4) is 0 Å². The molecule has 0 spiro atoms. The Balaban J connectivity index is 1.33. The van der Waals surface area contributed by atoms with Gasteiger partial charge in [0.1, 0.15) is 0 Å². The lowest BCUT2D eigenvalue weighted by molar-refractivity contribution is -0.137. The fourth-order valence-corrected chi connectivity index (χ4v) is 4.11. The molecule has 2 aliphatic carbocycles. The van der Waals surface area contributed by atoms with E-state index in [1.165, 1.54) is 43.2 Å². The first-order chi connectivity index (χ1) is 12.6. The molecule has 1 aromatic rings. The van der Waals surface area contributed by atoms with Crippen LogP contribution < -0.4 is 10.6 Å². The SMILES string of the molecule is CC(=Cc1ccccc1)C1CC1NC1CCC(NCCCC(=O)O)CC1. The molecular formula is C22H32N2O2. The minimum atomic E-state index is -0.699. The summed E-state index contributed by atoms with van der Waals surface area (Å²) in [6.07, 6.45) is 9.42. The average molecular weight is 357 g/mol. The van der Waals surface area contributed by atoms with Gasteiger partial charge in [0.2, 0.25) is 0 Å². The summed E-state index contributed by atoms with van der Waals surface area (Å²) in [5, 5.41) is 16.1. The quantitative estimate of drug-likeness (QED) is 0.589. The molecule has 2 fully saturated rings. The molecule has 2 saturated carbocycles. The Morgan fingerprint density at radius 3 is 2.54 bits per heavy atom. The average Bonchev–Trinajstić information content (AvgIpc) is 3.40. The second kappa shape index (κ2) is 9.33. The largest absolute Gasteiger partial charge is 0.481 e. The molecule has 4 nitrogen and oxygen atoms in total. The van der Waals surface area contributed by atoms with Gasteiger partial charge < -0.3 is 15.7 Å². The van der Waals surface area contributed by atoms with Crippen LogP contribution in [0.25, 0.3) is 6.08 Å². The van der Waals surface area contributed by atoms with E-state index in [0.29, 0.717) is 24.0 Å². The summed E-state index contributed by atoms with van der Waals surface area (Å²) in [6.45, 7) is 3.08. The highest BCUT2D eigenvalue weighted by atomic mass is 16.4. The molecule has 3 rings (SSSR count). The first-order valence-corrected chi connectivity index (χ1v) is 10.1. The molecule has 0 amide bonds. The van der Waals surface area contributed by atoms with Crippen molar-refractivity contribution < 1.29 is 9.90 Å². The van der Waals surface area contributed by atoms with Crippen molar-refractivity contribution in [2.45, 2.75) is 70.0 Å². The zero-order valence-corrected chi connectivity index (χ0v) is 15.8. The number of benzene rings is 1. The van der Waals surface area contributed by atoms with Crippen molar-refractivity contribution in [1.82, 2.24) is 10.6 Å². The van der Waals surface area contributed by atoms with E-state index in [1.807, 2.05) is 0 Å². The normalized spacial score (nSPS) is 28.7. The summed E-state index contributed by atoms with van der Waals surface area (Å²) in [4.78, 5) is 10.5. The molecule has 2 atom stereocenters. The van der Waals surface area contributed by atoms with Gasteiger partial charge in [-0.2, -0.15) is 0 Å². The molecule has 0 radical (unpaired) electrons. The van der Waals surface area contributed by atoms with Crippen molar-refractivity contribution in [1.29, 1.82) is 0 Å². The lowest BCUT2D eigenvalue weighted by atomic mass is 9.91. The van der Waals surface area contributed by atoms with Crippen molar-refractivity contribution in [2.24, 2.45) is 5.92 Å². The fraction of sp³-hybridized carbons (Fsp3) is 0.591. The molecule has 2 unspecified atom stereocenters. The topological polar surface area (TPSA) is 61.4 Å². The predicted octanol–water partition coefficient (Wildman–Crippen LogP) is 3.83. The van der Waals surface area contributed by atoms with Crippen molar-refractivity contribution >= 4 is 12.0 Å². The van der Waals surface area contributed by atoms with E-state index in [0.717, 1.165) is 13.0 Å². The van der Waals surface area contributed by atoms with Crippen LogP contribution in [0.5, 0.6) is 0 Å². The smallest absolute Gasteiger partial charge is 0.303 e. The number of hydrogen-bond donors (Lipinski definition) is 3. The molecule has 3 N–H and O–H groups in total. The first-order valence-electron chi connectivity index (χ1n) is 10.1. The Morgan fingerprint density at radius 1 is 1.15 bits per heavy atom. The van der Waals surface area contributed by atoms with Crippen molar-refractivity contribution in [3.05, 3.63) is 41.5 Å². The number of rotatable bonds is 9. The van der Waals surface area contributed by atoms with Gasteiger partial charge in [-0.1, -0.05) is 42.0 Å². The third-order valence-electron chi connectivity index (χ3n) is 5.75. The Morgan fingerprint density at radius 2 is 1.85 bits per heavy atom. The molecule has 0 bridgehead atoms. The summed E-state index contributed by atoms with van der Waals surface area (Å²) in [7, 11) is 0. The van der Waals surface area contributed by atoms with E-state index in [9.17, 15) is 4.79 Å². The molecular weight excluding hydrogens is 324 g/mol. The number of carboxylic acids is 1. The molecule has 0 aromatic heterocycles. The third kappa shape index (κ3) is 5.96. The van der Waals surface area contributed by atoms with Gasteiger partial charge in [-0.05, 0) is 63.5 Å². The maximum atomic E-state index is 10.5. The van der Waals surface area contributed by atoms with E-state index >= 15 is 0 Å². The molecule has 0 aliphatic heterocycles. The Bertz CT molecular complexity index is 606. The van der Waals surface area contributed by atoms with Gasteiger partial charge in [-0.3, -0.25) is 4.79 Å². The van der Waals surface area contributed by atoms with Crippen LogP contribution in [0.2, 0.25) is 0 Å². The van der Waals surface area contributed by atoms with Gasteiger partial charge in [-0.25, -0.2) is 0 Å². The zero-order valence-electron chi connectivity index (χ0n) is 15.8. The second-order valence-electron chi connectivity index (χ2n) is 7.91. The Labute approximate surface area is 157 Å². The third-order valence-corrected chi connectivity index (χ3v) is 5.75. The number of nitrogens with one attached hydrogen (secondary N) is 2. The van der Waals surface area contributed by atoms with Crippen molar-refractivity contribution in [3.63, 3.8) is 0 Å². The van der Waals surface area contributed by atoms with E-state index in [-0.39, 0.29) is 6.42 Å². The molecule has 0 saturated heterocycles. The fourth-order valence-electron chi connectivity index (χ4n) is 4.11. The number of carboxylic acid groups (broad SMARTS) is 1. The standard InChI is InChI=1S/C22H32N2O2/c1-16(14-17-6-3-2-4-7-17)20-15-21(20)24-19-11-9-18(10-12-19)23-13-5-8-22(25)26/h2-4,6-7,14,18-21,23-24H,5,8-13,15H2,1H3,(H,25,26). The van der Waals surface area contributed by atoms with Gasteiger partial charge in [0.15, 0.2) is 0 Å². The van der Waals surface area contributed by atoms with Crippen LogP contribution in [0.15, 0.2) is 35.9 Å². The predicted molar refractivity (Wildman–Crippen MR) is 106 cm³/mol. The number of hydrogen-bond acceptors (Lipinski definition) is 3. The van der Waals surface area contributed by atoms with E-state index in [2.05, 4.69) is 54.0 Å². The summed E-state index contributed by atoms with van der Waals surface area (Å²) < 4.78 is 0. The molecule has 4 heteroatoms. The molecule has 142 valence electrons. The van der Waals surface area contributed by atoms with Gasteiger partial charge in [-0.15, -0.1) is 0 Å². The second-order valence-corrected chi connectivity index (χ2v) is 7.91. The highest BCUT2D eigenvalue weighted by molar-refractivity contribution is 5.66. The summed E-state index contributed by atoms with van der Waals surface area (Å²) in [5.74, 6) is -0.00243. The maximum Gasteiger partial charge on any atom is 0.303 e. The van der Waals surface area contributed by atoms with Crippen LogP contribution in [0, 0.1) is 5.92 Å². The van der Waals surface area contributed by atoms with Crippen molar-refractivity contribution in [3.8, 4) is 0 Å². The lowest BCUT2D eigenvalue weighted by Gasteiger charge is -2.30. The minimum Gasteiger partial charge on any atom is -0.481 e. The van der Waals surface area contributed by atoms with Crippen LogP contribution in [0.4, 0.5) is 0 Å². The molecule has 1 aromatic carbocycles. The number of carbonyl (C=O) groups is 1. The van der Waals surface area contributed by atoms with E-state index < -0.39 is 5.97 Å². The lowest BCUT2D eigenvalue weighted by Crippen LogP contribution is -2.41. The monoisotopic (exact) mass is 356 g/mol. The molecule has 26 heavy (non-hydrogen) atoms. The van der Waals surface area contributed by atoms with Gasteiger partial charge in [0, 0.05) is 24.5 Å². The molecule has 0 heterocycles. The Hall–Kier alpha value is -1.65. The highest BCUT2D eigenvalue weighted by Crippen LogP contribution is 2.39. The summed E-state index contributed by atoms with van der Waals surface area (Å²) in [6, 6.07) is 12.4. The highest BCUT2D eigenvalue weighted by Gasteiger charge is 2.39. The van der Waals surface area contributed by atoms with Crippen LogP contribution in [-0.4, -0.2) is 35.7 Å². The zero-order chi connectivity index (χ0) is 18.4. The van der Waals surface area contributed by atoms with Crippen molar-refractivity contribution in [2.75, 3.05) is 6.54 Å². The van der Waals surface area contributed by atoms with Crippen LogP contribution >= 0.6 is 0 Å².